The fourth-order valence-electron chi connectivity index (χ4n) is 2.87. The third-order valence-corrected chi connectivity index (χ3v) is 6.17. The van der Waals surface area contributed by atoms with Gasteiger partial charge in [-0.05, 0) is 47.9 Å². The van der Waals surface area contributed by atoms with Gasteiger partial charge in [-0.3, -0.25) is 4.79 Å². The van der Waals surface area contributed by atoms with Crippen molar-refractivity contribution < 1.29 is 17.9 Å². The monoisotopic (exact) mass is 360 g/mol. The van der Waals surface area contributed by atoms with Gasteiger partial charge in [0.1, 0.15) is 5.75 Å². The zero-order chi connectivity index (χ0) is 18.0. The van der Waals surface area contributed by atoms with E-state index in [2.05, 4.69) is 10.5 Å². The molecule has 0 bridgehead atoms. The van der Waals surface area contributed by atoms with E-state index in [1.807, 2.05) is 36.4 Å². The van der Waals surface area contributed by atoms with E-state index in [1.165, 1.54) is 0 Å². The van der Waals surface area contributed by atoms with E-state index in [9.17, 15) is 13.2 Å². The van der Waals surface area contributed by atoms with Gasteiger partial charge in [-0.1, -0.05) is 18.2 Å². The molecule has 6 nitrogen and oxygen atoms in total. The molecular formula is C18H20N2O4S. The van der Waals surface area contributed by atoms with Gasteiger partial charge in [0.25, 0.3) is 0 Å². The Morgan fingerprint density at radius 2 is 1.92 bits per heavy atom. The fraction of sp³-hybridized carbons (Fsp3) is 0.333. The summed E-state index contributed by atoms with van der Waals surface area (Å²) in [7, 11) is -1.45. The van der Waals surface area contributed by atoms with E-state index >= 15 is 0 Å². The summed E-state index contributed by atoms with van der Waals surface area (Å²) in [5.74, 6) is -0.0753. The maximum atomic E-state index is 12.1. The molecule has 1 atom stereocenters. The zero-order valence-corrected chi connectivity index (χ0v) is 15.0. The summed E-state index contributed by atoms with van der Waals surface area (Å²) >= 11 is 0. The van der Waals surface area contributed by atoms with E-state index in [-0.39, 0.29) is 17.4 Å². The molecule has 7 heteroatoms. The molecule has 1 fully saturated rings. The number of amides is 1. The van der Waals surface area contributed by atoms with Gasteiger partial charge in [-0.2, -0.15) is 5.10 Å². The van der Waals surface area contributed by atoms with Gasteiger partial charge >= 0.3 is 0 Å². The quantitative estimate of drug-likeness (QED) is 0.669. The van der Waals surface area contributed by atoms with Crippen LogP contribution >= 0.6 is 0 Å². The number of fused-ring (bicyclic) bond motifs is 1. The first-order chi connectivity index (χ1) is 11.9. The molecule has 0 aliphatic carbocycles. The van der Waals surface area contributed by atoms with Crippen molar-refractivity contribution in [2.24, 2.45) is 11.0 Å². The van der Waals surface area contributed by atoms with Crippen molar-refractivity contribution in [3.63, 3.8) is 0 Å². The van der Waals surface area contributed by atoms with Gasteiger partial charge in [-0.25, -0.2) is 13.8 Å². The number of sulfone groups is 1. The fourth-order valence-corrected chi connectivity index (χ4v) is 4.61. The van der Waals surface area contributed by atoms with Crippen LogP contribution in [0, 0.1) is 5.92 Å². The van der Waals surface area contributed by atoms with Crippen molar-refractivity contribution >= 4 is 32.2 Å². The van der Waals surface area contributed by atoms with Crippen LogP contribution in [0.4, 0.5) is 0 Å². The van der Waals surface area contributed by atoms with Crippen LogP contribution in [0.5, 0.6) is 5.75 Å². The summed E-state index contributed by atoms with van der Waals surface area (Å²) in [4.78, 5) is 12.1. The Labute approximate surface area is 146 Å². The van der Waals surface area contributed by atoms with Crippen LogP contribution in [-0.4, -0.2) is 38.7 Å². The van der Waals surface area contributed by atoms with Gasteiger partial charge < -0.3 is 4.74 Å². The van der Waals surface area contributed by atoms with Crippen LogP contribution < -0.4 is 10.2 Å². The van der Waals surface area contributed by atoms with Crippen LogP contribution in [0.3, 0.4) is 0 Å². The molecule has 0 saturated carbocycles. The lowest BCUT2D eigenvalue weighted by atomic mass is 10.0. The molecule has 1 heterocycles. The molecule has 25 heavy (non-hydrogen) atoms. The molecule has 0 spiro atoms. The lowest BCUT2D eigenvalue weighted by molar-refractivity contribution is -0.124. The number of benzene rings is 2. The Morgan fingerprint density at radius 1 is 1.20 bits per heavy atom. The average molecular weight is 360 g/mol. The first kappa shape index (κ1) is 17.4. The molecule has 1 amide bonds. The summed E-state index contributed by atoms with van der Waals surface area (Å²) < 4.78 is 28.1. The number of nitrogens with one attached hydrogen (secondary N) is 1. The minimum atomic E-state index is -3.08. The smallest absolute Gasteiger partial charge is 0.244 e. The molecule has 0 radical (unpaired) electrons. The SMILES string of the molecule is COc1ccc2cc(/C(C)=N\NC(=O)[C@@H]3CCS(=O)(=O)C3)ccc2c1. The number of carbonyl (C=O) groups is 1. The van der Waals surface area contributed by atoms with Gasteiger partial charge in [-0.15, -0.1) is 0 Å². The number of nitrogens with zero attached hydrogens (tertiary/aromatic N) is 1. The minimum absolute atomic E-state index is 0.0713. The Balaban J connectivity index is 1.73. The van der Waals surface area contributed by atoms with E-state index in [4.69, 9.17) is 4.74 Å². The van der Waals surface area contributed by atoms with E-state index in [0.717, 1.165) is 22.1 Å². The van der Waals surface area contributed by atoms with Crippen molar-refractivity contribution in [2.75, 3.05) is 18.6 Å². The molecule has 132 valence electrons. The second kappa shape index (κ2) is 6.84. The second-order valence-electron chi connectivity index (χ2n) is 6.20. The molecule has 0 aromatic heterocycles. The predicted octanol–water partition coefficient (Wildman–Crippen LogP) is 2.12. The highest BCUT2D eigenvalue weighted by Gasteiger charge is 2.32. The number of hydrogen-bond donors (Lipinski definition) is 1. The number of methoxy groups -OCH3 is 1. The summed E-state index contributed by atoms with van der Waals surface area (Å²) in [6.45, 7) is 1.80. The first-order valence-corrected chi connectivity index (χ1v) is 9.83. The molecule has 2 aromatic carbocycles. The number of carbonyl (C=O) groups excluding carboxylic acids is 1. The highest BCUT2D eigenvalue weighted by atomic mass is 32.2. The lowest BCUT2D eigenvalue weighted by Crippen LogP contribution is -2.28. The topological polar surface area (TPSA) is 84.8 Å². The van der Waals surface area contributed by atoms with Crippen molar-refractivity contribution in [3.8, 4) is 5.75 Å². The molecule has 1 saturated heterocycles. The Morgan fingerprint density at radius 3 is 2.60 bits per heavy atom. The Kier molecular flexibility index (Phi) is 4.76. The molecule has 1 aliphatic heterocycles. The molecule has 3 rings (SSSR count). The van der Waals surface area contributed by atoms with E-state index < -0.39 is 15.8 Å². The highest BCUT2D eigenvalue weighted by Crippen LogP contribution is 2.22. The summed E-state index contributed by atoms with van der Waals surface area (Å²) in [5.41, 5.74) is 4.04. The number of hydrazone groups is 1. The van der Waals surface area contributed by atoms with Crippen LogP contribution in [0.1, 0.15) is 18.9 Å². The summed E-state index contributed by atoms with van der Waals surface area (Å²) in [5, 5.41) is 6.22. The van der Waals surface area contributed by atoms with Gasteiger partial charge in [0, 0.05) is 0 Å². The second-order valence-corrected chi connectivity index (χ2v) is 8.43. The van der Waals surface area contributed by atoms with Gasteiger partial charge in [0.15, 0.2) is 9.84 Å². The normalized spacial score (nSPS) is 19.8. The number of hydrogen-bond acceptors (Lipinski definition) is 5. The maximum Gasteiger partial charge on any atom is 0.244 e. The average Bonchev–Trinajstić information content (AvgIpc) is 2.98. The lowest BCUT2D eigenvalue weighted by Gasteiger charge is -2.08. The molecule has 0 unspecified atom stereocenters. The van der Waals surface area contributed by atoms with E-state index in [1.54, 1.807) is 14.0 Å². The largest absolute Gasteiger partial charge is 0.497 e. The van der Waals surface area contributed by atoms with Crippen molar-refractivity contribution in [1.29, 1.82) is 0 Å². The molecular weight excluding hydrogens is 340 g/mol. The van der Waals surface area contributed by atoms with Crippen LogP contribution in [0.25, 0.3) is 10.8 Å². The third kappa shape index (κ3) is 3.99. The van der Waals surface area contributed by atoms with Crippen molar-refractivity contribution in [1.82, 2.24) is 5.43 Å². The zero-order valence-electron chi connectivity index (χ0n) is 14.2. The first-order valence-electron chi connectivity index (χ1n) is 8.01. The number of ether oxygens (including phenoxy) is 1. The van der Waals surface area contributed by atoms with Crippen LogP contribution in [0.15, 0.2) is 41.5 Å². The summed E-state index contributed by atoms with van der Waals surface area (Å²) in [6.07, 6.45) is 0.362. The minimum Gasteiger partial charge on any atom is -0.497 e. The molecule has 2 aromatic rings. The van der Waals surface area contributed by atoms with Gasteiger partial charge in [0.2, 0.25) is 5.91 Å². The van der Waals surface area contributed by atoms with Crippen molar-refractivity contribution in [3.05, 3.63) is 42.0 Å². The standard InChI is InChI=1S/C18H20N2O4S/c1-12(19-20-18(21)16-7-8-25(22,23)11-16)13-3-4-15-10-17(24-2)6-5-14(15)9-13/h3-6,9-10,16H,7-8,11H2,1-2H3,(H,20,21)/b19-12-/t16-/m1/s1. The van der Waals surface area contributed by atoms with Crippen LogP contribution in [-0.2, 0) is 14.6 Å². The Hall–Kier alpha value is -2.41. The highest BCUT2D eigenvalue weighted by molar-refractivity contribution is 7.91. The van der Waals surface area contributed by atoms with Crippen molar-refractivity contribution in [2.45, 2.75) is 13.3 Å². The van der Waals surface area contributed by atoms with Crippen LogP contribution in [0.2, 0.25) is 0 Å². The third-order valence-electron chi connectivity index (χ3n) is 4.40. The summed E-state index contributed by atoms with van der Waals surface area (Å²) in [6, 6.07) is 11.7. The predicted molar refractivity (Wildman–Crippen MR) is 97.6 cm³/mol. The Bertz CT molecular complexity index is 951. The molecule has 1 aliphatic rings. The van der Waals surface area contributed by atoms with Gasteiger partial charge in [0.05, 0.1) is 30.2 Å². The number of rotatable bonds is 4. The molecule has 1 N–H and O–H groups in total. The van der Waals surface area contributed by atoms with E-state index in [0.29, 0.717) is 12.1 Å². The maximum absolute atomic E-state index is 12.1.